The lowest BCUT2D eigenvalue weighted by atomic mass is 10.6. The number of halogens is 2. The minimum Gasteiger partial charge on any atom is -0.327 e. The van der Waals surface area contributed by atoms with Crippen LogP contribution in [-0.4, -0.2) is 34.3 Å². The maximum absolute atomic E-state index is 10.9. The lowest BCUT2D eigenvalue weighted by Crippen LogP contribution is -2.36. The molecule has 0 unspecified atom stereocenters. The van der Waals surface area contributed by atoms with Crippen molar-refractivity contribution >= 4 is 34.8 Å². The summed E-state index contributed by atoms with van der Waals surface area (Å²) < 4.78 is 0.324. The van der Waals surface area contributed by atoms with Crippen LogP contribution in [0.25, 0.3) is 0 Å². The third kappa shape index (κ3) is 2.95. The topological polar surface area (TPSA) is 40.6 Å². The summed E-state index contributed by atoms with van der Waals surface area (Å²) in [7, 11) is 1.51. The molecule has 0 saturated carbocycles. The number of hydrogen-bond acceptors (Lipinski definition) is 2. The van der Waals surface area contributed by atoms with Crippen molar-refractivity contribution in [2.24, 2.45) is 0 Å². The third-order valence-electron chi connectivity index (χ3n) is 1.12. The predicted molar refractivity (Wildman–Crippen MR) is 42.6 cm³/mol. The standard InChI is InChI=1S/C5H8Cl2N2O2/c1-3-8(2)5(11)9(7)4(6)10/h3H2,1-2H3. The van der Waals surface area contributed by atoms with E-state index in [4.69, 9.17) is 23.4 Å². The van der Waals surface area contributed by atoms with Gasteiger partial charge in [-0.2, -0.15) is 4.42 Å². The van der Waals surface area contributed by atoms with E-state index in [1.165, 1.54) is 11.9 Å². The first-order valence-electron chi connectivity index (χ1n) is 2.91. The molecule has 0 atom stereocenters. The molecule has 0 N–H and O–H groups in total. The number of rotatable bonds is 1. The fourth-order valence-electron chi connectivity index (χ4n) is 0.360. The van der Waals surface area contributed by atoms with E-state index in [1.54, 1.807) is 6.92 Å². The number of carbonyl (C=O) groups is 2. The lowest BCUT2D eigenvalue weighted by Gasteiger charge is -2.17. The van der Waals surface area contributed by atoms with E-state index in [-0.39, 0.29) is 0 Å². The molecule has 0 radical (unpaired) electrons. The van der Waals surface area contributed by atoms with E-state index >= 15 is 0 Å². The smallest absolute Gasteiger partial charge is 0.327 e. The molecule has 0 aliphatic heterocycles. The summed E-state index contributed by atoms with van der Waals surface area (Å²) >= 11 is 10.1. The summed E-state index contributed by atoms with van der Waals surface area (Å²) in [6.07, 6.45) is 0. The highest BCUT2D eigenvalue weighted by molar-refractivity contribution is 6.67. The highest BCUT2D eigenvalue weighted by Gasteiger charge is 2.19. The molecular weight excluding hydrogens is 191 g/mol. The van der Waals surface area contributed by atoms with E-state index in [2.05, 4.69) is 0 Å². The van der Waals surface area contributed by atoms with Crippen molar-refractivity contribution in [3.05, 3.63) is 0 Å². The van der Waals surface area contributed by atoms with Crippen molar-refractivity contribution in [2.75, 3.05) is 13.6 Å². The summed E-state index contributed by atoms with van der Waals surface area (Å²) in [6, 6.07) is -0.630. The molecule has 0 aliphatic rings. The zero-order valence-corrected chi connectivity index (χ0v) is 7.69. The van der Waals surface area contributed by atoms with Gasteiger partial charge in [0.05, 0.1) is 0 Å². The first kappa shape index (κ1) is 10.5. The minimum atomic E-state index is -1.00. The fraction of sp³-hybridized carbons (Fsp3) is 0.600. The van der Waals surface area contributed by atoms with Gasteiger partial charge in [0.15, 0.2) is 0 Å². The summed E-state index contributed by atoms with van der Waals surface area (Å²) in [5.41, 5.74) is 0. The molecule has 6 heteroatoms. The van der Waals surface area contributed by atoms with Crippen molar-refractivity contribution in [3.63, 3.8) is 0 Å². The number of nitrogens with zero attached hydrogens (tertiary/aromatic N) is 2. The highest BCUT2D eigenvalue weighted by Crippen LogP contribution is 2.04. The van der Waals surface area contributed by atoms with E-state index in [1.807, 2.05) is 0 Å². The van der Waals surface area contributed by atoms with Gasteiger partial charge in [-0.3, -0.25) is 4.79 Å². The predicted octanol–water partition coefficient (Wildman–Crippen LogP) is 1.87. The van der Waals surface area contributed by atoms with Crippen molar-refractivity contribution in [1.29, 1.82) is 0 Å². The van der Waals surface area contributed by atoms with Gasteiger partial charge in [-0.25, -0.2) is 4.79 Å². The quantitative estimate of drug-likeness (QED) is 0.367. The van der Waals surface area contributed by atoms with Gasteiger partial charge >= 0.3 is 11.4 Å². The second kappa shape index (κ2) is 4.41. The van der Waals surface area contributed by atoms with Crippen molar-refractivity contribution in [3.8, 4) is 0 Å². The number of carbonyl (C=O) groups excluding carboxylic acids is 2. The van der Waals surface area contributed by atoms with Gasteiger partial charge in [0, 0.05) is 25.4 Å². The summed E-state index contributed by atoms with van der Waals surface area (Å²) in [5, 5.41) is -1.00. The van der Waals surface area contributed by atoms with Crippen LogP contribution in [0.2, 0.25) is 0 Å². The Morgan fingerprint density at radius 1 is 1.45 bits per heavy atom. The molecule has 0 rings (SSSR count). The number of hydrogen-bond donors (Lipinski definition) is 0. The molecule has 3 amide bonds. The first-order chi connectivity index (χ1) is 5.00. The minimum absolute atomic E-state index is 0.324. The summed E-state index contributed by atoms with van der Waals surface area (Å²) in [6.45, 7) is 2.22. The molecule has 0 aromatic rings. The summed E-state index contributed by atoms with van der Waals surface area (Å²) in [5.74, 6) is 0. The van der Waals surface area contributed by atoms with Crippen LogP contribution >= 0.6 is 23.4 Å². The lowest BCUT2D eigenvalue weighted by molar-refractivity contribution is 0.193. The van der Waals surface area contributed by atoms with Gasteiger partial charge in [-0.05, 0) is 18.5 Å². The zero-order chi connectivity index (χ0) is 9.02. The Hall–Kier alpha value is -0.480. The Balaban J connectivity index is 4.13. The van der Waals surface area contributed by atoms with E-state index in [0.717, 1.165) is 0 Å². The average molecular weight is 199 g/mol. The maximum Gasteiger partial charge on any atom is 0.342 e. The molecule has 0 fully saturated rings. The van der Waals surface area contributed by atoms with Gasteiger partial charge in [0.2, 0.25) is 0 Å². The van der Waals surface area contributed by atoms with Crippen molar-refractivity contribution < 1.29 is 9.59 Å². The van der Waals surface area contributed by atoms with Crippen LogP contribution in [0.15, 0.2) is 0 Å². The molecule has 64 valence electrons. The number of amides is 3. The average Bonchev–Trinajstić information content (AvgIpc) is 2.00. The Labute approximate surface area is 74.8 Å². The van der Waals surface area contributed by atoms with Crippen LogP contribution in [-0.2, 0) is 0 Å². The molecular formula is C5H8Cl2N2O2. The van der Waals surface area contributed by atoms with Crippen LogP contribution < -0.4 is 0 Å². The van der Waals surface area contributed by atoms with Gasteiger partial charge < -0.3 is 4.90 Å². The molecule has 4 nitrogen and oxygen atoms in total. The Morgan fingerprint density at radius 3 is 2.18 bits per heavy atom. The van der Waals surface area contributed by atoms with Crippen LogP contribution in [0.1, 0.15) is 6.92 Å². The zero-order valence-electron chi connectivity index (χ0n) is 6.17. The second-order valence-corrected chi connectivity index (χ2v) is 2.49. The SMILES string of the molecule is CCN(C)C(=O)N(Cl)C(=O)Cl. The van der Waals surface area contributed by atoms with Crippen molar-refractivity contribution in [2.45, 2.75) is 6.92 Å². The molecule has 0 aromatic heterocycles. The molecule has 11 heavy (non-hydrogen) atoms. The van der Waals surface area contributed by atoms with Crippen LogP contribution in [0, 0.1) is 0 Å². The summed E-state index contributed by atoms with van der Waals surface area (Å²) in [4.78, 5) is 22.5. The van der Waals surface area contributed by atoms with Crippen LogP contribution in [0.5, 0.6) is 0 Å². The second-order valence-electron chi connectivity index (χ2n) is 1.83. The van der Waals surface area contributed by atoms with Crippen molar-refractivity contribution in [1.82, 2.24) is 9.32 Å². The monoisotopic (exact) mass is 198 g/mol. The normalized spacial score (nSPS) is 9.09. The first-order valence-corrected chi connectivity index (χ1v) is 3.62. The molecule has 0 bridgehead atoms. The van der Waals surface area contributed by atoms with Gasteiger partial charge in [-0.15, -0.1) is 0 Å². The van der Waals surface area contributed by atoms with E-state index in [9.17, 15) is 9.59 Å². The fourth-order valence-corrected chi connectivity index (χ4v) is 0.562. The van der Waals surface area contributed by atoms with Crippen LogP contribution in [0.4, 0.5) is 9.59 Å². The van der Waals surface area contributed by atoms with Gasteiger partial charge in [-0.1, -0.05) is 0 Å². The molecule has 0 aliphatic carbocycles. The Kier molecular flexibility index (Phi) is 4.22. The number of urea groups is 1. The van der Waals surface area contributed by atoms with Gasteiger partial charge in [0.1, 0.15) is 0 Å². The number of imide groups is 1. The molecule has 0 spiro atoms. The van der Waals surface area contributed by atoms with Crippen LogP contribution in [0.3, 0.4) is 0 Å². The molecule has 0 saturated heterocycles. The Bertz CT molecular complexity index is 174. The van der Waals surface area contributed by atoms with E-state index < -0.39 is 11.4 Å². The Morgan fingerprint density at radius 2 is 1.91 bits per heavy atom. The maximum atomic E-state index is 10.9. The van der Waals surface area contributed by atoms with Gasteiger partial charge in [0.25, 0.3) is 0 Å². The third-order valence-corrected chi connectivity index (χ3v) is 1.68. The molecule has 0 heterocycles. The largest absolute Gasteiger partial charge is 0.342 e. The molecule has 0 aromatic carbocycles. The highest BCUT2D eigenvalue weighted by atomic mass is 35.5. The van der Waals surface area contributed by atoms with E-state index in [0.29, 0.717) is 11.0 Å².